The molecule has 0 aromatic carbocycles. The lowest BCUT2D eigenvalue weighted by Gasteiger charge is -2.29. The number of rotatable bonds is 6. The summed E-state index contributed by atoms with van der Waals surface area (Å²) in [7, 11) is -3.55. The summed E-state index contributed by atoms with van der Waals surface area (Å²) in [5.41, 5.74) is 0. The lowest BCUT2D eigenvalue weighted by atomic mass is 10.2. The van der Waals surface area contributed by atoms with Crippen LogP contribution >= 0.6 is 11.8 Å². The van der Waals surface area contributed by atoms with Crippen LogP contribution in [0.15, 0.2) is 0 Å². The first kappa shape index (κ1) is 18.1. The standard InChI is InChI=1S/C11H21N3O5S2/c1-7(2)9-14(8(6-20-9)10(15)16)11(17)13-4-3-5-21(12,18)19/h7-9H,3-6H2,1-2H3,(H,13,17)(H,15,16)(H2,12,18,19). The number of thioether (sulfide) groups is 1. The molecule has 8 nitrogen and oxygen atoms in total. The SMILES string of the molecule is CC(C)C1SCC(C(=O)O)N1C(=O)NCCCS(N)(=O)=O. The van der Waals surface area contributed by atoms with Gasteiger partial charge in [0.2, 0.25) is 10.0 Å². The molecule has 0 aliphatic carbocycles. The third-order valence-corrected chi connectivity index (χ3v) is 5.49. The van der Waals surface area contributed by atoms with Gasteiger partial charge in [0.25, 0.3) is 0 Å². The van der Waals surface area contributed by atoms with Crippen LogP contribution in [0.1, 0.15) is 20.3 Å². The van der Waals surface area contributed by atoms with E-state index in [4.69, 9.17) is 5.14 Å². The highest BCUT2D eigenvalue weighted by molar-refractivity contribution is 8.00. The number of carboxylic acids is 1. The molecule has 21 heavy (non-hydrogen) atoms. The van der Waals surface area contributed by atoms with Crippen molar-refractivity contribution in [3.8, 4) is 0 Å². The quantitative estimate of drug-likeness (QED) is 0.577. The Morgan fingerprint density at radius 3 is 2.57 bits per heavy atom. The fourth-order valence-corrected chi connectivity index (χ4v) is 4.07. The van der Waals surface area contributed by atoms with Gasteiger partial charge in [0.15, 0.2) is 0 Å². The summed E-state index contributed by atoms with van der Waals surface area (Å²) in [6, 6.07) is -1.35. The summed E-state index contributed by atoms with van der Waals surface area (Å²) in [6.07, 6.45) is 0.190. The summed E-state index contributed by atoms with van der Waals surface area (Å²) < 4.78 is 21.6. The molecule has 1 heterocycles. The van der Waals surface area contributed by atoms with Crippen molar-refractivity contribution >= 4 is 33.8 Å². The molecule has 2 unspecified atom stereocenters. The van der Waals surface area contributed by atoms with E-state index in [0.29, 0.717) is 5.75 Å². The molecule has 1 fully saturated rings. The number of hydrogen-bond acceptors (Lipinski definition) is 5. The van der Waals surface area contributed by atoms with Crippen LogP contribution in [-0.2, 0) is 14.8 Å². The second kappa shape index (κ2) is 7.32. The van der Waals surface area contributed by atoms with Gasteiger partial charge < -0.3 is 10.4 Å². The third kappa shape index (κ3) is 5.36. The van der Waals surface area contributed by atoms with E-state index in [9.17, 15) is 23.1 Å². The average Bonchev–Trinajstić information content (AvgIpc) is 2.78. The Labute approximate surface area is 128 Å². The van der Waals surface area contributed by atoms with E-state index in [1.807, 2.05) is 13.8 Å². The van der Waals surface area contributed by atoms with Crippen LogP contribution in [0.5, 0.6) is 0 Å². The van der Waals surface area contributed by atoms with Crippen molar-refractivity contribution in [3.63, 3.8) is 0 Å². The van der Waals surface area contributed by atoms with Crippen molar-refractivity contribution in [2.24, 2.45) is 11.1 Å². The second-order valence-corrected chi connectivity index (χ2v) is 8.07. The van der Waals surface area contributed by atoms with Crippen molar-refractivity contribution in [2.75, 3.05) is 18.1 Å². The number of nitrogens with zero attached hydrogens (tertiary/aromatic N) is 1. The van der Waals surface area contributed by atoms with Crippen molar-refractivity contribution in [3.05, 3.63) is 0 Å². The fraction of sp³-hybridized carbons (Fsp3) is 0.818. The van der Waals surface area contributed by atoms with Crippen LogP contribution in [0.3, 0.4) is 0 Å². The largest absolute Gasteiger partial charge is 0.480 e. The molecule has 0 aromatic rings. The van der Waals surface area contributed by atoms with Crippen LogP contribution in [0.25, 0.3) is 0 Å². The maximum Gasteiger partial charge on any atom is 0.327 e. The lowest BCUT2D eigenvalue weighted by molar-refractivity contribution is -0.141. The molecule has 2 atom stereocenters. The molecule has 0 bridgehead atoms. The van der Waals surface area contributed by atoms with Gasteiger partial charge in [0, 0.05) is 12.3 Å². The summed E-state index contributed by atoms with van der Waals surface area (Å²) in [5, 5.41) is 16.4. The minimum Gasteiger partial charge on any atom is -0.480 e. The monoisotopic (exact) mass is 339 g/mol. The zero-order valence-corrected chi connectivity index (χ0v) is 13.6. The Bertz CT molecular complexity index is 494. The molecule has 0 aromatic heterocycles. The van der Waals surface area contributed by atoms with Gasteiger partial charge in [-0.25, -0.2) is 23.1 Å². The predicted octanol–water partition coefficient (Wildman–Crippen LogP) is -0.141. The third-order valence-electron chi connectivity index (χ3n) is 3.01. The molecule has 1 saturated heterocycles. The highest BCUT2D eigenvalue weighted by Gasteiger charge is 2.42. The van der Waals surface area contributed by atoms with E-state index < -0.39 is 28.1 Å². The summed E-state index contributed by atoms with van der Waals surface area (Å²) >= 11 is 1.44. The van der Waals surface area contributed by atoms with Crippen molar-refractivity contribution in [1.82, 2.24) is 10.2 Å². The molecule has 1 rings (SSSR count). The number of primary sulfonamides is 1. The van der Waals surface area contributed by atoms with E-state index in [0.717, 1.165) is 0 Å². The zero-order chi connectivity index (χ0) is 16.2. The summed E-state index contributed by atoms with van der Waals surface area (Å²) in [6.45, 7) is 3.97. The Kier molecular flexibility index (Phi) is 6.29. The molecule has 0 radical (unpaired) electrons. The average molecular weight is 339 g/mol. The van der Waals surface area contributed by atoms with E-state index in [2.05, 4.69) is 5.32 Å². The second-order valence-electron chi connectivity index (χ2n) is 5.18. The normalized spacial score (nSPS) is 22.6. The van der Waals surface area contributed by atoms with Crippen LogP contribution in [0.4, 0.5) is 4.79 Å². The van der Waals surface area contributed by atoms with Crippen LogP contribution in [0.2, 0.25) is 0 Å². The first-order chi connectivity index (χ1) is 9.63. The summed E-state index contributed by atoms with van der Waals surface area (Å²) in [4.78, 5) is 24.7. The van der Waals surface area contributed by atoms with Crippen LogP contribution in [0, 0.1) is 5.92 Å². The van der Waals surface area contributed by atoms with E-state index in [-0.39, 0.29) is 30.0 Å². The Morgan fingerprint density at radius 2 is 2.10 bits per heavy atom. The highest BCUT2D eigenvalue weighted by atomic mass is 32.2. The minimum atomic E-state index is -3.55. The Morgan fingerprint density at radius 1 is 1.48 bits per heavy atom. The van der Waals surface area contributed by atoms with Gasteiger partial charge in [-0.15, -0.1) is 11.8 Å². The molecule has 0 spiro atoms. The molecular formula is C11H21N3O5S2. The number of sulfonamides is 1. The molecule has 4 N–H and O–H groups in total. The number of aliphatic carboxylic acids is 1. The van der Waals surface area contributed by atoms with Gasteiger partial charge in [-0.05, 0) is 12.3 Å². The number of carbonyl (C=O) groups is 2. The number of carboxylic acid groups (broad SMARTS) is 1. The molecular weight excluding hydrogens is 318 g/mol. The Balaban J connectivity index is 2.61. The molecule has 122 valence electrons. The van der Waals surface area contributed by atoms with Crippen LogP contribution in [-0.4, -0.2) is 59.9 Å². The number of carbonyl (C=O) groups excluding carboxylic acids is 1. The Hall–Kier alpha value is -1.00. The van der Waals surface area contributed by atoms with Crippen molar-refractivity contribution in [2.45, 2.75) is 31.7 Å². The first-order valence-electron chi connectivity index (χ1n) is 6.54. The fourth-order valence-electron chi connectivity index (χ4n) is 2.05. The van der Waals surface area contributed by atoms with E-state index in [1.54, 1.807) is 0 Å². The van der Waals surface area contributed by atoms with E-state index in [1.165, 1.54) is 16.7 Å². The number of nitrogens with one attached hydrogen (secondary N) is 1. The van der Waals surface area contributed by atoms with Crippen LogP contribution < -0.4 is 10.5 Å². The van der Waals surface area contributed by atoms with Gasteiger partial charge in [-0.2, -0.15) is 0 Å². The highest BCUT2D eigenvalue weighted by Crippen LogP contribution is 2.33. The molecule has 2 amide bonds. The smallest absolute Gasteiger partial charge is 0.327 e. The molecule has 0 saturated carbocycles. The van der Waals surface area contributed by atoms with Crippen molar-refractivity contribution < 1.29 is 23.1 Å². The molecule has 1 aliphatic rings. The lowest BCUT2D eigenvalue weighted by Crippen LogP contribution is -2.51. The predicted molar refractivity (Wildman–Crippen MR) is 80.3 cm³/mol. The summed E-state index contributed by atoms with van der Waals surface area (Å²) in [5.74, 6) is -0.791. The van der Waals surface area contributed by atoms with Gasteiger partial charge in [-0.1, -0.05) is 13.8 Å². The van der Waals surface area contributed by atoms with Gasteiger partial charge in [0.05, 0.1) is 11.1 Å². The molecule has 1 aliphatic heterocycles. The topological polar surface area (TPSA) is 130 Å². The maximum atomic E-state index is 12.2. The first-order valence-corrected chi connectivity index (χ1v) is 9.31. The number of hydrogen-bond donors (Lipinski definition) is 3. The zero-order valence-electron chi connectivity index (χ0n) is 12.0. The van der Waals surface area contributed by atoms with Gasteiger partial charge >= 0.3 is 12.0 Å². The molecule has 10 heteroatoms. The minimum absolute atomic E-state index is 0.120. The number of amides is 2. The van der Waals surface area contributed by atoms with Crippen molar-refractivity contribution in [1.29, 1.82) is 0 Å². The van der Waals surface area contributed by atoms with Gasteiger partial charge in [0.1, 0.15) is 6.04 Å². The van der Waals surface area contributed by atoms with Gasteiger partial charge in [-0.3, -0.25) is 4.90 Å². The number of urea groups is 1. The maximum absolute atomic E-state index is 12.2. The van der Waals surface area contributed by atoms with E-state index >= 15 is 0 Å². The number of nitrogens with two attached hydrogens (primary N) is 1.